The fourth-order valence-corrected chi connectivity index (χ4v) is 2.09. The van der Waals surface area contributed by atoms with Crippen LogP contribution in [-0.4, -0.2) is 19.6 Å². The summed E-state index contributed by atoms with van der Waals surface area (Å²) in [5.41, 5.74) is 3.29. The van der Waals surface area contributed by atoms with E-state index in [2.05, 4.69) is 49.7 Å². The van der Waals surface area contributed by atoms with Gasteiger partial charge >= 0.3 is 0 Å². The van der Waals surface area contributed by atoms with E-state index in [1.165, 1.54) is 0 Å². The Bertz CT molecular complexity index is 534. The van der Waals surface area contributed by atoms with Crippen molar-refractivity contribution in [2.24, 2.45) is 0 Å². The van der Waals surface area contributed by atoms with Crippen LogP contribution < -0.4 is 0 Å². The normalized spacial score (nSPS) is 12.3. The van der Waals surface area contributed by atoms with Crippen LogP contribution >= 0.6 is 0 Å². The first kappa shape index (κ1) is 12.0. The van der Waals surface area contributed by atoms with E-state index < -0.39 is 0 Å². The van der Waals surface area contributed by atoms with Gasteiger partial charge < -0.3 is 0 Å². The van der Waals surface area contributed by atoms with Gasteiger partial charge in [0.05, 0.1) is 11.4 Å². The van der Waals surface area contributed by atoms with Crippen molar-refractivity contribution < 1.29 is 0 Å². The molecule has 4 heteroatoms. The molecule has 0 atom stereocenters. The lowest BCUT2D eigenvalue weighted by Gasteiger charge is -2.18. The fourth-order valence-electron chi connectivity index (χ4n) is 2.09. The number of fused-ring (bicyclic) bond motifs is 1. The average Bonchev–Trinajstić information content (AvgIpc) is 2.65. The molecule has 0 aliphatic heterocycles. The van der Waals surface area contributed by atoms with Gasteiger partial charge in [-0.2, -0.15) is 5.10 Å². The molecule has 92 valence electrons. The first-order chi connectivity index (χ1) is 7.99. The largest absolute Gasteiger partial charge is 0.237 e. The minimum absolute atomic E-state index is 0.0131. The third kappa shape index (κ3) is 1.92. The third-order valence-electron chi connectivity index (χ3n) is 2.93. The summed E-state index contributed by atoms with van der Waals surface area (Å²) in [5.74, 6) is 1.02. The van der Waals surface area contributed by atoms with Crippen LogP contribution in [0.1, 0.15) is 51.8 Å². The number of hydrogen-bond acceptors (Lipinski definition) is 3. The van der Waals surface area contributed by atoms with E-state index in [9.17, 15) is 0 Å². The van der Waals surface area contributed by atoms with Crippen molar-refractivity contribution in [1.29, 1.82) is 0 Å². The molecule has 0 unspecified atom stereocenters. The second-order valence-electron chi connectivity index (χ2n) is 5.30. The summed E-state index contributed by atoms with van der Waals surface area (Å²) in [7, 11) is 0. The Kier molecular flexibility index (Phi) is 2.89. The minimum Gasteiger partial charge on any atom is -0.237 e. The number of imidazole rings is 1. The molecule has 2 rings (SSSR count). The fraction of sp³-hybridized carbons (Fsp3) is 0.615. The predicted molar refractivity (Wildman–Crippen MR) is 68.2 cm³/mol. The van der Waals surface area contributed by atoms with E-state index in [0.717, 1.165) is 35.6 Å². The Hall–Kier alpha value is -1.45. The van der Waals surface area contributed by atoms with E-state index >= 15 is 0 Å². The molecule has 4 nitrogen and oxygen atoms in total. The molecular weight excluding hydrogens is 212 g/mol. The Morgan fingerprint density at radius 3 is 2.41 bits per heavy atom. The van der Waals surface area contributed by atoms with E-state index in [0.29, 0.717) is 0 Å². The zero-order chi connectivity index (χ0) is 12.6. The van der Waals surface area contributed by atoms with Crippen molar-refractivity contribution in [3.8, 4) is 0 Å². The van der Waals surface area contributed by atoms with Crippen LogP contribution in [0.2, 0.25) is 0 Å². The molecule has 0 saturated carbocycles. The van der Waals surface area contributed by atoms with Crippen molar-refractivity contribution in [3.05, 3.63) is 23.5 Å². The Morgan fingerprint density at radius 2 is 1.88 bits per heavy atom. The highest BCUT2D eigenvalue weighted by Gasteiger charge is 2.23. The molecule has 0 fully saturated rings. The van der Waals surface area contributed by atoms with Crippen molar-refractivity contribution in [2.75, 3.05) is 0 Å². The van der Waals surface area contributed by atoms with E-state index in [-0.39, 0.29) is 5.41 Å². The van der Waals surface area contributed by atoms with Gasteiger partial charge in [-0.15, -0.1) is 0 Å². The summed E-state index contributed by atoms with van der Waals surface area (Å²) in [4.78, 5) is 9.12. The van der Waals surface area contributed by atoms with Gasteiger partial charge in [-0.25, -0.2) is 14.5 Å². The third-order valence-corrected chi connectivity index (χ3v) is 2.93. The number of hydrogen-bond donors (Lipinski definition) is 0. The molecule has 0 amide bonds. The van der Waals surface area contributed by atoms with Crippen molar-refractivity contribution in [1.82, 2.24) is 19.6 Å². The summed E-state index contributed by atoms with van der Waals surface area (Å²) < 4.78 is 1.95. The first-order valence-electron chi connectivity index (χ1n) is 6.21. The molecule has 0 aromatic carbocycles. The predicted octanol–water partition coefficient (Wildman–Crippen LogP) is 2.55. The molecule has 0 aliphatic carbocycles. The number of aromatic nitrogens is 4. The van der Waals surface area contributed by atoms with Gasteiger partial charge in [0.25, 0.3) is 0 Å². The summed E-state index contributed by atoms with van der Waals surface area (Å²) in [6.45, 7) is 10.8. The second kappa shape index (κ2) is 4.09. The van der Waals surface area contributed by atoms with Gasteiger partial charge in [0.1, 0.15) is 17.7 Å². The van der Waals surface area contributed by atoms with Crippen LogP contribution in [0.15, 0.2) is 6.33 Å². The van der Waals surface area contributed by atoms with Crippen LogP contribution in [0.25, 0.3) is 5.52 Å². The molecule has 0 N–H and O–H groups in total. The van der Waals surface area contributed by atoms with Gasteiger partial charge in [0.2, 0.25) is 0 Å². The first-order valence-corrected chi connectivity index (χ1v) is 6.21. The maximum Gasteiger partial charge on any atom is 0.136 e. The van der Waals surface area contributed by atoms with Gasteiger partial charge in [-0.3, -0.25) is 0 Å². The Balaban J connectivity index is 2.83. The summed E-state index contributed by atoms with van der Waals surface area (Å²) >= 11 is 0. The molecule has 2 aromatic rings. The topological polar surface area (TPSA) is 43.1 Å². The van der Waals surface area contributed by atoms with Crippen molar-refractivity contribution in [2.45, 2.75) is 52.9 Å². The Labute approximate surface area is 102 Å². The van der Waals surface area contributed by atoms with E-state index in [1.807, 2.05) is 4.52 Å². The monoisotopic (exact) mass is 232 g/mol. The molecular formula is C13H20N4. The van der Waals surface area contributed by atoms with E-state index in [1.54, 1.807) is 6.33 Å². The molecule has 0 radical (unpaired) electrons. The standard InChI is InChI=1S/C13H20N4/c1-6-9-11-12(13(3,4)5)14-8-15-17(11)10(7-2)16-9/h8H,6-7H2,1-5H3. The average molecular weight is 232 g/mol. The lowest BCUT2D eigenvalue weighted by atomic mass is 9.90. The summed E-state index contributed by atoms with van der Waals surface area (Å²) in [5, 5.41) is 4.34. The molecule has 17 heavy (non-hydrogen) atoms. The van der Waals surface area contributed by atoms with E-state index in [4.69, 9.17) is 0 Å². The van der Waals surface area contributed by atoms with Crippen molar-refractivity contribution in [3.63, 3.8) is 0 Å². The van der Waals surface area contributed by atoms with Crippen LogP contribution in [-0.2, 0) is 18.3 Å². The second-order valence-corrected chi connectivity index (χ2v) is 5.30. The molecule has 0 saturated heterocycles. The van der Waals surface area contributed by atoms with Crippen LogP contribution in [0.5, 0.6) is 0 Å². The molecule has 0 bridgehead atoms. The van der Waals surface area contributed by atoms with Crippen LogP contribution in [0.4, 0.5) is 0 Å². The summed E-state index contributed by atoms with van der Waals surface area (Å²) in [6.07, 6.45) is 3.44. The molecule has 0 spiro atoms. The van der Waals surface area contributed by atoms with Crippen LogP contribution in [0, 0.1) is 0 Å². The van der Waals surface area contributed by atoms with Gasteiger partial charge in [0.15, 0.2) is 0 Å². The smallest absolute Gasteiger partial charge is 0.136 e. The number of nitrogens with zero attached hydrogens (tertiary/aromatic N) is 4. The van der Waals surface area contributed by atoms with Gasteiger partial charge in [0, 0.05) is 11.8 Å². The lowest BCUT2D eigenvalue weighted by Crippen LogP contribution is -2.16. The number of rotatable bonds is 2. The molecule has 0 aliphatic rings. The highest BCUT2D eigenvalue weighted by molar-refractivity contribution is 5.58. The van der Waals surface area contributed by atoms with Crippen molar-refractivity contribution >= 4 is 5.52 Å². The van der Waals surface area contributed by atoms with Gasteiger partial charge in [-0.05, 0) is 6.42 Å². The summed E-state index contributed by atoms with van der Waals surface area (Å²) in [6, 6.07) is 0. The highest BCUT2D eigenvalue weighted by Crippen LogP contribution is 2.26. The maximum absolute atomic E-state index is 4.66. The highest BCUT2D eigenvalue weighted by atomic mass is 15.3. The van der Waals surface area contributed by atoms with Crippen LogP contribution in [0.3, 0.4) is 0 Å². The molecule has 2 aromatic heterocycles. The zero-order valence-electron chi connectivity index (χ0n) is 11.3. The SMILES string of the molecule is CCc1nc(CC)n2ncnc(C(C)(C)C)c12. The number of aryl methyl sites for hydroxylation is 2. The maximum atomic E-state index is 4.66. The lowest BCUT2D eigenvalue weighted by molar-refractivity contribution is 0.565. The minimum atomic E-state index is 0.0131. The zero-order valence-corrected chi connectivity index (χ0v) is 11.3. The molecule has 2 heterocycles. The quantitative estimate of drug-likeness (QED) is 0.799. The Morgan fingerprint density at radius 1 is 1.18 bits per heavy atom. The van der Waals surface area contributed by atoms with Gasteiger partial charge in [-0.1, -0.05) is 34.6 Å².